The normalized spacial score (nSPS) is 10.0. The molecule has 0 fully saturated rings. The summed E-state index contributed by atoms with van der Waals surface area (Å²) in [7, 11) is 0. The molecule has 7 heteroatoms. The van der Waals surface area contributed by atoms with Gasteiger partial charge in [0.15, 0.2) is 0 Å². The zero-order chi connectivity index (χ0) is 16.8. The molecule has 0 bridgehead atoms. The number of urea groups is 1. The van der Waals surface area contributed by atoms with Crippen LogP contribution in [0.2, 0.25) is 5.02 Å². The predicted octanol–water partition coefficient (Wildman–Crippen LogP) is 4.52. The molecule has 0 aliphatic heterocycles. The van der Waals surface area contributed by atoms with Crippen LogP contribution in [0.3, 0.4) is 0 Å². The SMILES string of the molecule is O=C(Nc1ccccc1)Nc1cc(Nc2cccc(Cl)c2)ncn1. The van der Waals surface area contributed by atoms with Gasteiger partial charge < -0.3 is 10.6 Å². The van der Waals surface area contributed by atoms with E-state index in [-0.39, 0.29) is 6.03 Å². The fraction of sp³-hybridized carbons (Fsp3) is 0. The number of halogens is 1. The summed E-state index contributed by atoms with van der Waals surface area (Å²) in [4.78, 5) is 20.1. The van der Waals surface area contributed by atoms with Gasteiger partial charge in [0.1, 0.15) is 18.0 Å². The Bertz CT molecular complexity index is 841. The number of nitrogens with one attached hydrogen (secondary N) is 3. The van der Waals surface area contributed by atoms with Gasteiger partial charge in [0, 0.05) is 22.5 Å². The number of aromatic nitrogens is 2. The van der Waals surface area contributed by atoms with Crippen molar-refractivity contribution in [3.8, 4) is 0 Å². The van der Waals surface area contributed by atoms with E-state index in [1.807, 2.05) is 30.3 Å². The largest absolute Gasteiger partial charge is 0.340 e. The summed E-state index contributed by atoms with van der Waals surface area (Å²) in [6.07, 6.45) is 1.37. The van der Waals surface area contributed by atoms with Crippen molar-refractivity contribution in [1.82, 2.24) is 9.97 Å². The molecule has 3 N–H and O–H groups in total. The monoisotopic (exact) mass is 339 g/mol. The van der Waals surface area contributed by atoms with Crippen LogP contribution in [0.25, 0.3) is 0 Å². The molecule has 1 aromatic heterocycles. The van der Waals surface area contributed by atoms with Crippen LogP contribution in [0, 0.1) is 0 Å². The first kappa shape index (κ1) is 15.8. The molecule has 0 saturated heterocycles. The molecule has 0 atom stereocenters. The van der Waals surface area contributed by atoms with E-state index in [4.69, 9.17) is 11.6 Å². The van der Waals surface area contributed by atoms with E-state index in [0.717, 1.165) is 5.69 Å². The molecule has 2 aromatic carbocycles. The third-order valence-electron chi connectivity index (χ3n) is 3.04. The highest BCUT2D eigenvalue weighted by molar-refractivity contribution is 6.30. The second-order valence-corrected chi connectivity index (χ2v) is 5.31. The third kappa shape index (κ3) is 4.44. The zero-order valence-electron chi connectivity index (χ0n) is 12.5. The second-order valence-electron chi connectivity index (χ2n) is 4.87. The topological polar surface area (TPSA) is 78.9 Å². The van der Waals surface area contributed by atoms with Gasteiger partial charge in [0.05, 0.1) is 0 Å². The average Bonchev–Trinajstić information content (AvgIpc) is 2.56. The Labute approximate surface area is 143 Å². The lowest BCUT2D eigenvalue weighted by atomic mass is 10.3. The van der Waals surface area contributed by atoms with Crippen LogP contribution in [0.4, 0.5) is 27.8 Å². The van der Waals surface area contributed by atoms with Crippen molar-refractivity contribution in [3.63, 3.8) is 0 Å². The fourth-order valence-corrected chi connectivity index (χ4v) is 2.20. The molecule has 0 aliphatic rings. The molecule has 2 amide bonds. The van der Waals surface area contributed by atoms with Crippen LogP contribution >= 0.6 is 11.6 Å². The van der Waals surface area contributed by atoms with Crippen molar-refractivity contribution >= 4 is 40.6 Å². The maximum absolute atomic E-state index is 12.0. The van der Waals surface area contributed by atoms with E-state index in [1.54, 1.807) is 30.3 Å². The highest BCUT2D eigenvalue weighted by Crippen LogP contribution is 2.19. The number of carbonyl (C=O) groups is 1. The Morgan fingerprint density at radius 2 is 1.58 bits per heavy atom. The van der Waals surface area contributed by atoms with E-state index >= 15 is 0 Å². The van der Waals surface area contributed by atoms with Gasteiger partial charge in [-0.05, 0) is 30.3 Å². The lowest BCUT2D eigenvalue weighted by molar-refractivity contribution is 0.262. The van der Waals surface area contributed by atoms with Gasteiger partial charge in [0.2, 0.25) is 0 Å². The van der Waals surface area contributed by atoms with Gasteiger partial charge in [-0.25, -0.2) is 14.8 Å². The highest BCUT2D eigenvalue weighted by atomic mass is 35.5. The van der Waals surface area contributed by atoms with Gasteiger partial charge in [-0.2, -0.15) is 0 Å². The smallest absolute Gasteiger partial charge is 0.324 e. The standard InChI is InChI=1S/C17H14ClN5O/c18-12-5-4-8-14(9-12)21-15-10-16(20-11-19-15)23-17(24)22-13-6-2-1-3-7-13/h1-11H,(H3,19,20,21,22,23,24). The predicted molar refractivity (Wildman–Crippen MR) is 95.9 cm³/mol. The van der Waals surface area contributed by atoms with Crippen molar-refractivity contribution in [1.29, 1.82) is 0 Å². The van der Waals surface area contributed by atoms with Crippen molar-refractivity contribution < 1.29 is 4.79 Å². The number of rotatable bonds is 4. The summed E-state index contributed by atoms with van der Waals surface area (Å²) in [5.74, 6) is 0.922. The van der Waals surface area contributed by atoms with Crippen LogP contribution < -0.4 is 16.0 Å². The minimum atomic E-state index is -0.381. The molecule has 1 heterocycles. The zero-order valence-corrected chi connectivity index (χ0v) is 13.3. The Morgan fingerprint density at radius 1 is 0.833 bits per heavy atom. The van der Waals surface area contributed by atoms with Crippen LogP contribution in [0.1, 0.15) is 0 Å². The Morgan fingerprint density at radius 3 is 2.38 bits per heavy atom. The molecule has 0 spiro atoms. The average molecular weight is 340 g/mol. The Kier molecular flexibility index (Phi) is 4.88. The number of para-hydroxylation sites is 1. The number of hydrogen-bond donors (Lipinski definition) is 3. The minimum Gasteiger partial charge on any atom is -0.340 e. The van der Waals surface area contributed by atoms with Gasteiger partial charge in [-0.3, -0.25) is 5.32 Å². The summed E-state index contributed by atoms with van der Waals surface area (Å²) in [5.41, 5.74) is 1.49. The summed E-state index contributed by atoms with van der Waals surface area (Å²) in [5, 5.41) is 9.10. The number of hydrogen-bond acceptors (Lipinski definition) is 4. The first-order valence-electron chi connectivity index (χ1n) is 7.17. The Balaban J connectivity index is 1.65. The summed E-state index contributed by atoms with van der Waals surface area (Å²) in [6.45, 7) is 0. The van der Waals surface area contributed by atoms with E-state index < -0.39 is 0 Å². The van der Waals surface area contributed by atoms with Crippen molar-refractivity contribution in [2.45, 2.75) is 0 Å². The summed E-state index contributed by atoms with van der Waals surface area (Å²) in [6, 6.07) is 17.7. The van der Waals surface area contributed by atoms with Gasteiger partial charge >= 0.3 is 6.03 Å². The molecule has 3 rings (SSSR count). The van der Waals surface area contributed by atoms with Gasteiger partial charge in [-0.15, -0.1) is 0 Å². The lowest BCUT2D eigenvalue weighted by Crippen LogP contribution is -2.20. The third-order valence-corrected chi connectivity index (χ3v) is 3.27. The fourth-order valence-electron chi connectivity index (χ4n) is 2.01. The Hall–Kier alpha value is -3.12. The molecular formula is C17H14ClN5O. The lowest BCUT2D eigenvalue weighted by Gasteiger charge is -2.09. The molecule has 120 valence electrons. The second kappa shape index (κ2) is 7.43. The van der Waals surface area contributed by atoms with E-state index in [2.05, 4.69) is 25.9 Å². The number of amides is 2. The molecule has 6 nitrogen and oxygen atoms in total. The maximum Gasteiger partial charge on any atom is 0.324 e. The summed E-state index contributed by atoms with van der Waals surface area (Å²) < 4.78 is 0. The number of nitrogens with zero attached hydrogens (tertiary/aromatic N) is 2. The number of anilines is 4. The van der Waals surface area contributed by atoms with Gasteiger partial charge in [0.25, 0.3) is 0 Å². The van der Waals surface area contributed by atoms with E-state index in [0.29, 0.717) is 22.3 Å². The maximum atomic E-state index is 12.0. The van der Waals surface area contributed by atoms with Crippen molar-refractivity contribution in [2.75, 3.05) is 16.0 Å². The molecule has 0 aliphatic carbocycles. The van der Waals surface area contributed by atoms with Crippen LogP contribution in [0.5, 0.6) is 0 Å². The van der Waals surface area contributed by atoms with Crippen LogP contribution in [0.15, 0.2) is 67.0 Å². The number of benzene rings is 2. The first-order valence-corrected chi connectivity index (χ1v) is 7.54. The van der Waals surface area contributed by atoms with E-state index in [9.17, 15) is 4.79 Å². The number of carbonyl (C=O) groups excluding carboxylic acids is 1. The first-order chi connectivity index (χ1) is 11.7. The molecular weight excluding hydrogens is 326 g/mol. The molecule has 0 radical (unpaired) electrons. The van der Waals surface area contributed by atoms with Crippen molar-refractivity contribution in [2.24, 2.45) is 0 Å². The van der Waals surface area contributed by atoms with Gasteiger partial charge in [-0.1, -0.05) is 35.9 Å². The minimum absolute atomic E-state index is 0.378. The molecule has 0 unspecified atom stereocenters. The summed E-state index contributed by atoms with van der Waals surface area (Å²) >= 11 is 5.95. The molecule has 0 saturated carbocycles. The quantitative estimate of drug-likeness (QED) is 0.653. The van der Waals surface area contributed by atoms with Crippen LogP contribution in [-0.4, -0.2) is 16.0 Å². The van der Waals surface area contributed by atoms with Crippen LogP contribution in [-0.2, 0) is 0 Å². The highest BCUT2D eigenvalue weighted by Gasteiger charge is 2.05. The van der Waals surface area contributed by atoms with Crippen molar-refractivity contribution in [3.05, 3.63) is 72.0 Å². The molecule has 24 heavy (non-hydrogen) atoms. The van der Waals surface area contributed by atoms with E-state index in [1.165, 1.54) is 6.33 Å². The molecule has 3 aromatic rings.